The number of rotatable bonds is 3. The molecule has 2 N–H and O–H groups in total. The van der Waals surface area contributed by atoms with E-state index in [1.807, 2.05) is 0 Å². The molecule has 1 aromatic rings. The molecule has 2 aliphatic rings. The smallest absolute Gasteiger partial charge is 0.120 e. The summed E-state index contributed by atoms with van der Waals surface area (Å²) in [5.74, 6) is 0.702. The Morgan fingerprint density at radius 3 is 2.90 bits per heavy atom. The summed E-state index contributed by atoms with van der Waals surface area (Å²) < 4.78 is 23.9. The number of ether oxygens (including phenoxy) is 2. The number of hydrogen-bond donors (Lipinski definition) is 1. The third-order valence-electron chi connectivity index (χ3n) is 4.45. The van der Waals surface area contributed by atoms with Crippen molar-refractivity contribution in [1.82, 2.24) is 0 Å². The highest BCUT2D eigenvalue weighted by atomic mass is 32.2. The first kappa shape index (κ1) is 13.9. The second-order valence-electron chi connectivity index (χ2n) is 5.70. The van der Waals surface area contributed by atoms with Crippen molar-refractivity contribution in [3.8, 4) is 5.75 Å². The minimum Gasteiger partial charge on any atom is -0.497 e. The Morgan fingerprint density at radius 2 is 2.25 bits per heavy atom. The Bertz CT molecular complexity index is 528. The number of methoxy groups -OCH3 is 1. The molecule has 3 rings (SSSR count). The molecule has 0 amide bonds. The van der Waals surface area contributed by atoms with Gasteiger partial charge in [0.25, 0.3) is 0 Å². The standard InChI is InChI=1S/C15H21NO3S/c1-18-11-3-4-13(16)14(9-11)20(17)12-5-8-19-15(10-12)6-2-7-15/h3-4,9,12H,2,5-8,10,16H2,1H3. The lowest BCUT2D eigenvalue weighted by atomic mass is 9.75. The van der Waals surface area contributed by atoms with Gasteiger partial charge < -0.3 is 15.2 Å². The molecule has 1 spiro atoms. The number of nitrogens with two attached hydrogens (primary N) is 1. The predicted molar refractivity (Wildman–Crippen MR) is 79.4 cm³/mol. The van der Waals surface area contributed by atoms with Crippen molar-refractivity contribution in [2.45, 2.75) is 47.9 Å². The van der Waals surface area contributed by atoms with Crippen molar-refractivity contribution in [1.29, 1.82) is 0 Å². The van der Waals surface area contributed by atoms with Gasteiger partial charge in [0.2, 0.25) is 0 Å². The molecule has 2 atom stereocenters. The molecule has 0 bridgehead atoms. The highest BCUT2D eigenvalue weighted by molar-refractivity contribution is 7.85. The fourth-order valence-corrected chi connectivity index (χ4v) is 4.74. The predicted octanol–water partition coefficient (Wildman–Crippen LogP) is 2.49. The second-order valence-corrected chi connectivity index (χ2v) is 7.40. The van der Waals surface area contributed by atoms with Gasteiger partial charge in [-0.2, -0.15) is 0 Å². The number of nitrogen functional groups attached to an aromatic ring is 1. The Balaban J connectivity index is 1.81. The topological polar surface area (TPSA) is 61.5 Å². The van der Waals surface area contributed by atoms with Crippen LogP contribution < -0.4 is 10.5 Å². The van der Waals surface area contributed by atoms with Gasteiger partial charge in [0.05, 0.1) is 28.4 Å². The molecule has 0 radical (unpaired) electrons. The Labute approximate surface area is 122 Å². The molecule has 1 aliphatic heterocycles. The first-order valence-corrected chi connectivity index (χ1v) is 8.33. The molecule has 110 valence electrons. The largest absolute Gasteiger partial charge is 0.497 e. The number of benzene rings is 1. The van der Waals surface area contributed by atoms with Crippen LogP contribution in [0, 0.1) is 0 Å². The number of anilines is 1. The monoisotopic (exact) mass is 295 g/mol. The molecule has 2 fully saturated rings. The lowest BCUT2D eigenvalue weighted by Gasteiger charge is -2.46. The molecule has 5 heteroatoms. The summed E-state index contributed by atoms with van der Waals surface area (Å²) >= 11 is 0. The first-order valence-electron chi connectivity index (χ1n) is 7.12. The van der Waals surface area contributed by atoms with Crippen LogP contribution in [0.5, 0.6) is 5.75 Å². The van der Waals surface area contributed by atoms with E-state index in [0.717, 1.165) is 25.7 Å². The average molecular weight is 295 g/mol. The van der Waals surface area contributed by atoms with Crippen LogP contribution in [-0.2, 0) is 15.5 Å². The highest BCUT2D eigenvalue weighted by Crippen LogP contribution is 2.44. The summed E-state index contributed by atoms with van der Waals surface area (Å²) in [6.07, 6.45) is 5.16. The van der Waals surface area contributed by atoms with Crippen molar-refractivity contribution in [3.05, 3.63) is 18.2 Å². The molecule has 1 saturated heterocycles. The van der Waals surface area contributed by atoms with Crippen molar-refractivity contribution >= 4 is 16.5 Å². The van der Waals surface area contributed by atoms with Crippen LogP contribution in [-0.4, -0.2) is 28.8 Å². The van der Waals surface area contributed by atoms with Gasteiger partial charge in [0.15, 0.2) is 0 Å². The van der Waals surface area contributed by atoms with Gasteiger partial charge in [-0.1, -0.05) is 0 Å². The molecule has 20 heavy (non-hydrogen) atoms. The van der Waals surface area contributed by atoms with E-state index in [2.05, 4.69) is 0 Å². The molecule has 0 aromatic heterocycles. The molecule has 1 aromatic carbocycles. The van der Waals surface area contributed by atoms with E-state index in [9.17, 15) is 4.21 Å². The third kappa shape index (κ3) is 2.44. The average Bonchev–Trinajstić information content (AvgIpc) is 2.45. The third-order valence-corrected chi connectivity index (χ3v) is 6.25. The van der Waals surface area contributed by atoms with Gasteiger partial charge in [-0.15, -0.1) is 0 Å². The van der Waals surface area contributed by atoms with E-state index in [4.69, 9.17) is 15.2 Å². The molecule has 1 heterocycles. The summed E-state index contributed by atoms with van der Waals surface area (Å²) in [6, 6.07) is 5.37. The summed E-state index contributed by atoms with van der Waals surface area (Å²) in [6.45, 7) is 0.709. The summed E-state index contributed by atoms with van der Waals surface area (Å²) in [4.78, 5) is 0.700. The van der Waals surface area contributed by atoms with E-state index >= 15 is 0 Å². The van der Waals surface area contributed by atoms with Crippen molar-refractivity contribution < 1.29 is 13.7 Å². The Kier molecular flexibility index (Phi) is 3.73. The van der Waals surface area contributed by atoms with Crippen LogP contribution in [0.15, 0.2) is 23.1 Å². The zero-order valence-electron chi connectivity index (χ0n) is 11.8. The van der Waals surface area contributed by atoms with Crippen molar-refractivity contribution in [2.75, 3.05) is 19.5 Å². The minimum atomic E-state index is -1.09. The Hall–Kier alpha value is -1.07. The van der Waals surface area contributed by atoms with Crippen molar-refractivity contribution in [3.63, 3.8) is 0 Å². The SMILES string of the molecule is COc1ccc(N)c(S(=O)C2CCOC3(CCC3)C2)c1. The van der Waals surface area contributed by atoms with E-state index < -0.39 is 10.8 Å². The van der Waals surface area contributed by atoms with Gasteiger partial charge in [-0.05, 0) is 50.3 Å². The maximum atomic E-state index is 12.8. The van der Waals surface area contributed by atoms with Crippen molar-refractivity contribution in [2.24, 2.45) is 0 Å². The molecule has 4 nitrogen and oxygen atoms in total. The fourth-order valence-electron chi connectivity index (χ4n) is 3.08. The van der Waals surface area contributed by atoms with E-state index in [0.29, 0.717) is 22.9 Å². The molecule has 2 unspecified atom stereocenters. The molecule has 1 aliphatic carbocycles. The maximum absolute atomic E-state index is 12.8. The van der Waals surface area contributed by atoms with E-state index in [1.165, 1.54) is 6.42 Å². The summed E-state index contributed by atoms with van der Waals surface area (Å²) in [5, 5.41) is 0.137. The van der Waals surface area contributed by atoms with Crippen LogP contribution in [0.2, 0.25) is 0 Å². The normalized spacial score (nSPS) is 25.9. The van der Waals surface area contributed by atoms with Gasteiger partial charge >= 0.3 is 0 Å². The summed E-state index contributed by atoms with van der Waals surface area (Å²) in [7, 11) is 0.515. The molecular weight excluding hydrogens is 274 g/mol. The number of hydrogen-bond acceptors (Lipinski definition) is 4. The van der Waals surface area contributed by atoms with Gasteiger partial charge in [0.1, 0.15) is 5.75 Å². The quantitative estimate of drug-likeness (QED) is 0.870. The van der Waals surface area contributed by atoms with Gasteiger partial charge in [-0.25, -0.2) is 0 Å². The highest BCUT2D eigenvalue weighted by Gasteiger charge is 2.44. The molecule has 1 saturated carbocycles. The van der Waals surface area contributed by atoms with Gasteiger partial charge in [0, 0.05) is 17.5 Å². The van der Waals surface area contributed by atoms with E-state index in [1.54, 1.807) is 25.3 Å². The minimum absolute atomic E-state index is 0.00616. The zero-order chi connectivity index (χ0) is 14.2. The van der Waals surface area contributed by atoms with Crippen LogP contribution in [0.3, 0.4) is 0 Å². The zero-order valence-corrected chi connectivity index (χ0v) is 12.6. The molecular formula is C15H21NO3S. The Morgan fingerprint density at radius 1 is 1.45 bits per heavy atom. The fraction of sp³-hybridized carbons (Fsp3) is 0.600. The van der Waals surface area contributed by atoms with Crippen LogP contribution in [0.4, 0.5) is 5.69 Å². The van der Waals surface area contributed by atoms with Crippen LogP contribution in [0.1, 0.15) is 32.1 Å². The van der Waals surface area contributed by atoms with E-state index in [-0.39, 0.29) is 10.9 Å². The lowest BCUT2D eigenvalue weighted by molar-refractivity contribution is -0.125. The lowest BCUT2D eigenvalue weighted by Crippen LogP contribution is -2.48. The second kappa shape index (κ2) is 5.37. The first-order chi connectivity index (χ1) is 9.63. The van der Waals surface area contributed by atoms with Crippen LogP contribution in [0.25, 0.3) is 0 Å². The maximum Gasteiger partial charge on any atom is 0.120 e. The summed E-state index contributed by atoms with van der Waals surface area (Å²) in [5.41, 5.74) is 6.57. The van der Waals surface area contributed by atoms with Crippen LogP contribution >= 0.6 is 0 Å². The van der Waals surface area contributed by atoms with Gasteiger partial charge in [-0.3, -0.25) is 4.21 Å².